The summed E-state index contributed by atoms with van der Waals surface area (Å²) in [5, 5.41) is 18.6. The van der Waals surface area contributed by atoms with Gasteiger partial charge in [-0.15, -0.1) is 12.4 Å². The molecule has 1 unspecified atom stereocenters. The number of hydrogen-bond donors (Lipinski definition) is 3. The Hall–Kier alpha value is -0.490. The van der Waals surface area contributed by atoms with Crippen LogP contribution in [0.15, 0.2) is 16.6 Å². The molecule has 0 saturated carbocycles. The summed E-state index contributed by atoms with van der Waals surface area (Å²) >= 11 is 3.30. The van der Waals surface area contributed by atoms with Gasteiger partial charge in [0.05, 0.1) is 7.11 Å². The van der Waals surface area contributed by atoms with Gasteiger partial charge in [0.15, 0.2) is 11.5 Å². The fraction of sp³-hybridized carbons (Fsp3) is 0.400. The van der Waals surface area contributed by atoms with Crippen molar-refractivity contribution < 1.29 is 14.9 Å². The van der Waals surface area contributed by atoms with Gasteiger partial charge in [0.1, 0.15) is 0 Å². The molecule has 0 amide bonds. The van der Waals surface area contributed by atoms with Crippen LogP contribution in [0.5, 0.6) is 11.5 Å². The Kier molecular flexibility index (Phi) is 6.74. The Bertz CT molecular complexity index is 349. The monoisotopic (exact) mass is 311 g/mol. The highest BCUT2D eigenvalue weighted by molar-refractivity contribution is 9.10. The summed E-state index contributed by atoms with van der Waals surface area (Å²) in [6.07, 6.45) is 0.388. The van der Waals surface area contributed by atoms with E-state index in [2.05, 4.69) is 15.9 Å². The maximum atomic E-state index is 9.85. The lowest BCUT2D eigenvalue weighted by Gasteiger charge is -2.16. The number of methoxy groups -OCH3 is 1. The van der Waals surface area contributed by atoms with Crippen LogP contribution in [0.2, 0.25) is 0 Å². The average molecular weight is 313 g/mol. The van der Waals surface area contributed by atoms with Gasteiger partial charge in [-0.3, -0.25) is 0 Å². The fourth-order valence-corrected chi connectivity index (χ4v) is 1.98. The third-order valence-corrected chi connectivity index (χ3v) is 2.85. The van der Waals surface area contributed by atoms with E-state index in [4.69, 9.17) is 15.6 Å². The summed E-state index contributed by atoms with van der Waals surface area (Å²) in [6.45, 7) is -0.0236. The zero-order valence-electron chi connectivity index (χ0n) is 8.81. The van der Waals surface area contributed by atoms with Crippen molar-refractivity contribution in [2.45, 2.75) is 12.5 Å². The molecule has 0 aliphatic carbocycles. The van der Waals surface area contributed by atoms with Crippen LogP contribution in [-0.2, 0) is 0 Å². The molecule has 0 aliphatic rings. The van der Waals surface area contributed by atoms with Gasteiger partial charge < -0.3 is 20.7 Å². The van der Waals surface area contributed by atoms with E-state index in [-0.39, 0.29) is 24.8 Å². The van der Waals surface area contributed by atoms with Crippen molar-refractivity contribution >= 4 is 28.3 Å². The predicted octanol–water partition coefficient (Wildman–Crippen LogP) is 1.97. The molecule has 0 saturated heterocycles. The zero-order chi connectivity index (χ0) is 11.4. The van der Waals surface area contributed by atoms with Crippen molar-refractivity contribution in [3.8, 4) is 11.5 Å². The maximum Gasteiger partial charge on any atom is 0.163 e. The van der Waals surface area contributed by atoms with Gasteiger partial charge in [-0.2, -0.15) is 0 Å². The van der Waals surface area contributed by atoms with Crippen LogP contribution in [0.1, 0.15) is 18.0 Å². The predicted molar refractivity (Wildman–Crippen MR) is 68.2 cm³/mol. The van der Waals surface area contributed by atoms with Gasteiger partial charge in [0.2, 0.25) is 0 Å². The Labute approximate surface area is 109 Å². The van der Waals surface area contributed by atoms with Crippen molar-refractivity contribution in [3.05, 3.63) is 22.2 Å². The molecular weight excluding hydrogens is 297 g/mol. The summed E-state index contributed by atoms with van der Waals surface area (Å²) in [7, 11) is 1.48. The lowest BCUT2D eigenvalue weighted by Crippen LogP contribution is -2.13. The smallest absolute Gasteiger partial charge is 0.163 e. The molecule has 0 bridgehead atoms. The quantitative estimate of drug-likeness (QED) is 0.794. The Morgan fingerprint density at radius 1 is 1.50 bits per heavy atom. The molecule has 6 heteroatoms. The number of benzene rings is 1. The van der Waals surface area contributed by atoms with Crippen LogP contribution in [0.3, 0.4) is 0 Å². The third kappa shape index (κ3) is 3.25. The second kappa shape index (κ2) is 6.96. The number of aliphatic hydroxyl groups excluding tert-OH is 1. The Balaban J connectivity index is 0.00000225. The van der Waals surface area contributed by atoms with Gasteiger partial charge in [-0.25, -0.2) is 0 Å². The van der Waals surface area contributed by atoms with Crippen molar-refractivity contribution in [1.29, 1.82) is 0 Å². The van der Waals surface area contributed by atoms with Gasteiger partial charge in [0, 0.05) is 22.7 Å². The fourth-order valence-electron chi connectivity index (χ4n) is 1.36. The minimum absolute atomic E-state index is 0. The van der Waals surface area contributed by atoms with Crippen molar-refractivity contribution in [2.75, 3.05) is 13.7 Å². The topological polar surface area (TPSA) is 75.7 Å². The largest absolute Gasteiger partial charge is 0.504 e. The first-order valence-corrected chi connectivity index (χ1v) is 5.33. The van der Waals surface area contributed by atoms with E-state index in [0.717, 1.165) is 0 Å². The molecule has 1 atom stereocenters. The van der Waals surface area contributed by atoms with Gasteiger partial charge >= 0.3 is 0 Å². The highest BCUT2D eigenvalue weighted by atomic mass is 79.9. The molecule has 4 nitrogen and oxygen atoms in total. The van der Waals surface area contributed by atoms with Crippen LogP contribution in [0, 0.1) is 0 Å². The van der Waals surface area contributed by atoms with E-state index in [1.165, 1.54) is 7.11 Å². The molecule has 92 valence electrons. The second-order valence-corrected chi connectivity index (χ2v) is 3.99. The molecule has 0 fully saturated rings. The average Bonchev–Trinajstić information content (AvgIpc) is 2.18. The zero-order valence-corrected chi connectivity index (χ0v) is 11.2. The normalized spacial score (nSPS) is 11.8. The number of hydrogen-bond acceptors (Lipinski definition) is 4. The number of halogens is 2. The molecule has 0 aromatic heterocycles. The molecule has 0 heterocycles. The summed E-state index contributed by atoms with van der Waals surface area (Å²) in [6, 6.07) is 2.99. The summed E-state index contributed by atoms with van der Waals surface area (Å²) < 4.78 is 5.69. The molecule has 0 spiro atoms. The minimum atomic E-state index is -0.417. The number of ether oxygens (including phenoxy) is 1. The molecule has 1 rings (SSSR count). The molecule has 4 N–H and O–H groups in total. The number of phenolic OH excluding ortho intramolecular Hbond substituents is 1. The molecular formula is C10H15BrClNO3. The lowest BCUT2D eigenvalue weighted by molar-refractivity contribution is 0.274. The molecule has 0 radical (unpaired) electrons. The highest BCUT2D eigenvalue weighted by Gasteiger charge is 2.17. The molecule has 1 aromatic carbocycles. The van der Waals surface area contributed by atoms with Gasteiger partial charge in [-0.05, 0) is 18.6 Å². The number of phenols is 1. The lowest BCUT2D eigenvalue weighted by atomic mass is 10.0. The standard InChI is InChI=1S/C10H14BrNO3.ClH/c1-15-8-3-2-6(11)9(10(8)14)7(12)4-5-13;/h2-3,7,13-14H,4-5,12H2,1H3;1H. The molecule has 16 heavy (non-hydrogen) atoms. The highest BCUT2D eigenvalue weighted by Crippen LogP contribution is 2.38. The van der Waals surface area contributed by atoms with Crippen LogP contribution in [0.4, 0.5) is 0 Å². The van der Waals surface area contributed by atoms with Crippen molar-refractivity contribution in [1.82, 2.24) is 0 Å². The number of aliphatic hydroxyl groups is 1. The Morgan fingerprint density at radius 3 is 2.62 bits per heavy atom. The summed E-state index contributed by atoms with van der Waals surface area (Å²) in [4.78, 5) is 0. The SMILES string of the molecule is COc1ccc(Br)c(C(N)CCO)c1O.Cl. The summed E-state index contributed by atoms with van der Waals surface area (Å²) in [5.74, 6) is 0.398. The van der Waals surface area contributed by atoms with Crippen LogP contribution >= 0.6 is 28.3 Å². The van der Waals surface area contributed by atoms with Gasteiger partial charge in [0.25, 0.3) is 0 Å². The Morgan fingerprint density at radius 2 is 2.12 bits per heavy atom. The van der Waals surface area contributed by atoms with E-state index in [1.807, 2.05) is 0 Å². The first-order valence-electron chi connectivity index (χ1n) is 4.53. The molecule has 1 aromatic rings. The first-order chi connectivity index (χ1) is 7.11. The van der Waals surface area contributed by atoms with E-state index in [9.17, 15) is 5.11 Å². The maximum absolute atomic E-state index is 9.85. The van der Waals surface area contributed by atoms with E-state index in [0.29, 0.717) is 22.2 Å². The van der Waals surface area contributed by atoms with E-state index in [1.54, 1.807) is 12.1 Å². The van der Waals surface area contributed by atoms with Gasteiger partial charge in [-0.1, -0.05) is 15.9 Å². The van der Waals surface area contributed by atoms with Crippen molar-refractivity contribution in [3.63, 3.8) is 0 Å². The second-order valence-electron chi connectivity index (χ2n) is 3.13. The number of nitrogens with two attached hydrogens (primary N) is 1. The first kappa shape index (κ1) is 15.5. The third-order valence-electron chi connectivity index (χ3n) is 2.16. The number of rotatable bonds is 4. The van der Waals surface area contributed by atoms with Crippen LogP contribution in [0.25, 0.3) is 0 Å². The van der Waals surface area contributed by atoms with Crippen LogP contribution < -0.4 is 10.5 Å². The van der Waals surface area contributed by atoms with Crippen LogP contribution in [-0.4, -0.2) is 23.9 Å². The molecule has 0 aliphatic heterocycles. The van der Waals surface area contributed by atoms with Crippen molar-refractivity contribution in [2.24, 2.45) is 5.73 Å². The van der Waals surface area contributed by atoms with E-state index < -0.39 is 6.04 Å². The number of aromatic hydroxyl groups is 1. The minimum Gasteiger partial charge on any atom is -0.504 e. The summed E-state index contributed by atoms with van der Waals surface area (Å²) in [5.41, 5.74) is 6.38. The van der Waals surface area contributed by atoms with E-state index >= 15 is 0 Å².